The molecule has 3 N–H and O–H groups in total. The zero-order valence-electron chi connectivity index (χ0n) is 12.8. The van der Waals surface area contributed by atoms with Crippen molar-refractivity contribution in [1.29, 1.82) is 0 Å². The van der Waals surface area contributed by atoms with Crippen LogP contribution < -0.4 is 15.4 Å². The van der Waals surface area contributed by atoms with Crippen molar-refractivity contribution in [2.24, 2.45) is 5.73 Å². The summed E-state index contributed by atoms with van der Waals surface area (Å²) >= 11 is 0. The Morgan fingerprint density at radius 3 is 2.41 bits per heavy atom. The van der Waals surface area contributed by atoms with Gasteiger partial charge in [0.1, 0.15) is 5.75 Å². The standard InChI is InChI=1S/C17H22N2O2.ClH/c1-19(14-9-6-10-15(11-14)21-2)17(16(20)12-18)13-7-4-3-5-8-13;/h3-11,16-17,20H,12,18H2,1-2H3;1H. The molecule has 2 atom stereocenters. The van der Waals surface area contributed by atoms with E-state index in [1.54, 1.807) is 7.11 Å². The Hall–Kier alpha value is -1.75. The summed E-state index contributed by atoms with van der Waals surface area (Å²) in [6, 6.07) is 17.4. The molecule has 0 fully saturated rings. The Balaban J connectivity index is 0.00000242. The van der Waals surface area contributed by atoms with Gasteiger partial charge in [0.05, 0.1) is 19.3 Å². The number of ether oxygens (including phenoxy) is 1. The molecule has 0 saturated heterocycles. The lowest BCUT2D eigenvalue weighted by Crippen LogP contribution is -2.38. The van der Waals surface area contributed by atoms with E-state index >= 15 is 0 Å². The molecule has 0 heterocycles. The van der Waals surface area contributed by atoms with E-state index in [1.165, 1.54) is 0 Å². The third kappa shape index (κ3) is 4.13. The van der Waals surface area contributed by atoms with Crippen molar-refractivity contribution < 1.29 is 9.84 Å². The van der Waals surface area contributed by atoms with Crippen LogP contribution in [0.3, 0.4) is 0 Å². The Labute approximate surface area is 137 Å². The summed E-state index contributed by atoms with van der Waals surface area (Å²) in [6.07, 6.45) is -0.649. The summed E-state index contributed by atoms with van der Waals surface area (Å²) in [7, 11) is 3.59. The number of rotatable bonds is 6. The summed E-state index contributed by atoms with van der Waals surface area (Å²) in [4.78, 5) is 2.02. The number of nitrogens with two attached hydrogens (primary N) is 1. The molecule has 2 aromatic rings. The molecule has 2 unspecified atom stereocenters. The van der Waals surface area contributed by atoms with Crippen LogP contribution in [0.2, 0.25) is 0 Å². The van der Waals surface area contributed by atoms with Gasteiger partial charge in [0.2, 0.25) is 0 Å². The van der Waals surface area contributed by atoms with Crippen molar-refractivity contribution in [2.45, 2.75) is 12.1 Å². The van der Waals surface area contributed by atoms with Gasteiger partial charge in [-0.05, 0) is 17.7 Å². The maximum Gasteiger partial charge on any atom is 0.120 e. The quantitative estimate of drug-likeness (QED) is 0.858. The molecule has 22 heavy (non-hydrogen) atoms. The summed E-state index contributed by atoms with van der Waals surface area (Å²) < 4.78 is 5.26. The van der Waals surface area contributed by atoms with Gasteiger partial charge < -0.3 is 20.5 Å². The fraction of sp³-hybridized carbons (Fsp3) is 0.294. The average Bonchev–Trinajstić information content (AvgIpc) is 2.55. The van der Waals surface area contributed by atoms with Crippen LogP contribution >= 0.6 is 12.4 Å². The van der Waals surface area contributed by atoms with Gasteiger partial charge in [0.25, 0.3) is 0 Å². The second-order valence-corrected chi connectivity index (χ2v) is 4.97. The zero-order chi connectivity index (χ0) is 15.2. The highest BCUT2D eigenvalue weighted by atomic mass is 35.5. The fourth-order valence-corrected chi connectivity index (χ4v) is 2.47. The van der Waals surface area contributed by atoms with Crippen LogP contribution in [0.25, 0.3) is 0 Å². The summed E-state index contributed by atoms with van der Waals surface area (Å²) in [5.41, 5.74) is 7.68. The zero-order valence-corrected chi connectivity index (χ0v) is 13.7. The summed E-state index contributed by atoms with van der Waals surface area (Å²) in [5.74, 6) is 0.786. The molecule has 0 aliphatic carbocycles. The van der Waals surface area contributed by atoms with Crippen molar-refractivity contribution in [1.82, 2.24) is 0 Å². The van der Waals surface area contributed by atoms with E-state index in [0.717, 1.165) is 17.0 Å². The topological polar surface area (TPSA) is 58.7 Å². The van der Waals surface area contributed by atoms with E-state index in [2.05, 4.69) is 0 Å². The second-order valence-electron chi connectivity index (χ2n) is 4.97. The molecule has 0 aliphatic rings. The van der Waals surface area contributed by atoms with Gasteiger partial charge in [0.15, 0.2) is 0 Å². The Morgan fingerprint density at radius 2 is 1.82 bits per heavy atom. The minimum atomic E-state index is -0.649. The molecule has 0 spiro atoms. The molecule has 2 rings (SSSR count). The molecule has 0 bridgehead atoms. The Bertz CT molecular complexity index is 566. The van der Waals surface area contributed by atoms with Gasteiger partial charge in [-0.1, -0.05) is 36.4 Å². The van der Waals surface area contributed by atoms with Crippen molar-refractivity contribution in [3.05, 3.63) is 60.2 Å². The smallest absolute Gasteiger partial charge is 0.120 e. The molecule has 0 amide bonds. The molecular weight excluding hydrogens is 300 g/mol. The van der Waals surface area contributed by atoms with Gasteiger partial charge in [-0.2, -0.15) is 0 Å². The monoisotopic (exact) mass is 322 g/mol. The van der Waals surface area contributed by atoms with Crippen LogP contribution in [-0.4, -0.2) is 31.9 Å². The number of methoxy groups -OCH3 is 1. The predicted molar refractivity (Wildman–Crippen MR) is 92.9 cm³/mol. The highest BCUT2D eigenvalue weighted by Crippen LogP contribution is 2.30. The average molecular weight is 323 g/mol. The van der Waals surface area contributed by atoms with Gasteiger partial charge in [0, 0.05) is 25.3 Å². The third-order valence-electron chi connectivity index (χ3n) is 3.62. The maximum atomic E-state index is 10.3. The third-order valence-corrected chi connectivity index (χ3v) is 3.62. The van der Waals surface area contributed by atoms with Gasteiger partial charge >= 0.3 is 0 Å². The highest BCUT2D eigenvalue weighted by molar-refractivity contribution is 5.85. The van der Waals surface area contributed by atoms with Crippen LogP contribution in [0.15, 0.2) is 54.6 Å². The molecule has 120 valence electrons. The largest absolute Gasteiger partial charge is 0.497 e. The first-order valence-corrected chi connectivity index (χ1v) is 6.97. The minimum Gasteiger partial charge on any atom is -0.497 e. The van der Waals surface area contributed by atoms with Crippen molar-refractivity contribution in [3.8, 4) is 5.75 Å². The van der Waals surface area contributed by atoms with Crippen molar-refractivity contribution in [2.75, 3.05) is 25.6 Å². The first kappa shape index (κ1) is 18.3. The molecular formula is C17H23ClN2O2. The van der Waals surface area contributed by atoms with Crippen LogP contribution in [0, 0.1) is 0 Å². The van der Waals surface area contributed by atoms with Gasteiger partial charge in [-0.25, -0.2) is 0 Å². The van der Waals surface area contributed by atoms with Gasteiger partial charge in [-0.15, -0.1) is 12.4 Å². The number of benzene rings is 2. The Kier molecular flexibility index (Phi) is 7.18. The maximum absolute atomic E-state index is 10.3. The number of likely N-dealkylation sites (N-methyl/N-ethyl adjacent to an activating group) is 1. The van der Waals surface area contributed by atoms with E-state index in [-0.39, 0.29) is 25.0 Å². The van der Waals surface area contributed by atoms with E-state index in [4.69, 9.17) is 10.5 Å². The van der Waals surface area contributed by atoms with Crippen LogP contribution in [-0.2, 0) is 0 Å². The number of aliphatic hydroxyl groups is 1. The first-order valence-electron chi connectivity index (χ1n) is 6.97. The highest BCUT2D eigenvalue weighted by Gasteiger charge is 2.24. The van der Waals surface area contributed by atoms with Crippen LogP contribution in [0.1, 0.15) is 11.6 Å². The lowest BCUT2D eigenvalue weighted by atomic mass is 9.99. The van der Waals surface area contributed by atoms with Gasteiger partial charge in [-0.3, -0.25) is 0 Å². The van der Waals surface area contributed by atoms with Crippen LogP contribution in [0.4, 0.5) is 5.69 Å². The SMILES string of the molecule is COc1cccc(N(C)C(c2ccccc2)C(O)CN)c1.Cl. The first-order chi connectivity index (χ1) is 10.2. The van der Waals surface area contributed by atoms with E-state index in [9.17, 15) is 5.11 Å². The molecule has 0 aromatic heterocycles. The van der Waals surface area contributed by atoms with Crippen molar-refractivity contribution >= 4 is 18.1 Å². The van der Waals surface area contributed by atoms with Crippen LogP contribution in [0.5, 0.6) is 5.75 Å². The van der Waals surface area contributed by atoms with E-state index in [0.29, 0.717) is 0 Å². The number of hydrogen-bond acceptors (Lipinski definition) is 4. The molecule has 0 aliphatic heterocycles. The predicted octanol–water partition coefficient (Wildman–Crippen LogP) is 2.61. The van der Waals surface area contributed by atoms with Crippen molar-refractivity contribution in [3.63, 3.8) is 0 Å². The lowest BCUT2D eigenvalue weighted by Gasteiger charge is -2.33. The number of aliphatic hydroxyl groups excluding tert-OH is 1. The van der Waals surface area contributed by atoms with E-state index < -0.39 is 6.10 Å². The molecule has 0 radical (unpaired) electrons. The number of hydrogen-bond donors (Lipinski definition) is 2. The molecule has 5 heteroatoms. The second kappa shape index (κ2) is 8.63. The molecule has 4 nitrogen and oxygen atoms in total. The Morgan fingerprint density at radius 1 is 1.14 bits per heavy atom. The number of anilines is 1. The molecule has 0 saturated carbocycles. The number of nitrogens with zero attached hydrogens (tertiary/aromatic N) is 1. The normalized spacial score (nSPS) is 12.9. The summed E-state index contributed by atoms with van der Waals surface area (Å²) in [5, 5.41) is 10.3. The minimum absolute atomic E-state index is 0. The molecule has 2 aromatic carbocycles. The lowest BCUT2D eigenvalue weighted by molar-refractivity contribution is 0.150. The number of halogens is 1. The fourth-order valence-electron chi connectivity index (χ4n) is 2.47. The summed E-state index contributed by atoms with van der Waals surface area (Å²) in [6.45, 7) is 0.202. The van der Waals surface area contributed by atoms with E-state index in [1.807, 2.05) is 66.5 Å².